The lowest BCUT2D eigenvalue weighted by molar-refractivity contribution is 0.414. The second kappa shape index (κ2) is 8.61. The second-order valence-electron chi connectivity index (χ2n) is 8.24. The van der Waals surface area contributed by atoms with Crippen LogP contribution in [-0.2, 0) is 0 Å². The maximum absolute atomic E-state index is 5.63. The van der Waals surface area contributed by atoms with Crippen molar-refractivity contribution in [1.29, 1.82) is 0 Å². The van der Waals surface area contributed by atoms with E-state index < -0.39 is 0 Å². The van der Waals surface area contributed by atoms with Gasteiger partial charge in [-0.3, -0.25) is 0 Å². The molecule has 5 heteroatoms. The van der Waals surface area contributed by atoms with E-state index in [4.69, 9.17) is 19.5 Å². The standard InChI is InChI=1S/C30H23N3O2/c1-34-25-17-9-7-15-23(25)27-19-11-3-5-13-21(19)29(31-27)33-30-22-14-6-4-12-20(22)28(32-30)24-16-8-10-18-26(24)35-2/h3-18,31H,1-2H3/b33-30+. The molecule has 6 rings (SSSR count). The molecule has 5 aromatic rings. The maximum atomic E-state index is 5.63. The van der Waals surface area contributed by atoms with E-state index in [2.05, 4.69) is 35.3 Å². The number of nitrogens with zero attached hydrogens (tertiary/aromatic N) is 2. The Bertz CT molecular complexity index is 1630. The van der Waals surface area contributed by atoms with E-state index >= 15 is 0 Å². The lowest BCUT2D eigenvalue weighted by atomic mass is 9.99. The van der Waals surface area contributed by atoms with Gasteiger partial charge in [0.15, 0.2) is 5.84 Å². The molecule has 0 saturated heterocycles. The zero-order chi connectivity index (χ0) is 23.8. The Morgan fingerprint density at radius 1 is 0.600 bits per heavy atom. The highest BCUT2D eigenvalue weighted by atomic mass is 16.5. The number of fused-ring (bicyclic) bond motifs is 2. The molecule has 0 aliphatic carbocycles. The fourth-order valence-electron chi connectivity index (χ4n) is 4.66. The van der Waals surface area contributed by atoms with Gasteiger partial charge in [0.2, 0.25) is 0 Å². The number of nitrogens with one attached hydrogen (secondary N) is 1. The molecule has 0 amide bonds. The van der Waals surface area contributed by atoms with Gasteiger partial charge in [0.05, 0.1) is 25.6 Å². The number of methoxy groups -OCH3 is 2. The number of hydrogen-bond acceptors (Lipinski definition) is 3. The SMILES string of the molecule is COc1ccccc1C1=N/C(=N/c2[nH]c(-c3ccccc3OC)c3ccccc23)c2ccccc21. The van der Waals surface area contributed by atoms with Crippen molar-refractivity contribution in [2.24, 2.45) is 9.98 Å². The zero-order valence-electron chi connectivity index (χ0n) is 19.4. The summed E-state index contributed by atoms with van der Waals surface area (Å²) in [4.78, 5) is 13.6. The summed E-state index contributed by atoms with van der Waals surface area (Å²) in [5.41, 5.74) is 5.79. The minimum Gasteiger partial charge on any atom is -0.496 e. The Kier molecular flexibility index (Phi) is 5.15. The zero-order valence-corrected chi connectivity index (χ0v) is 19.4. The first-order valence-corrected chi connectivity index (χ1v) is 11.4. The number of hydrogen-bond donors (Lipinski definition) is 1. The third-order valence-corrected chi connectivity index (χ3v) is 6.29. The molecule has 0 radical (unpaired) electrons. The third kappa shape index (κ3) is 3.49. The molecule has 1 aromatic heterocycles. The van der Waals surface area contributed by atoms with Crippen LogP contribution >= 0.6 is 0 Å². The highest BCUT2D eigenvalue weighted by Crippen LogP contribution is 2.39. The summed E-state index contributed by atoms with van der Waals surface area (Å²) in [6.07, 6.45) is 0. The molecule has 0 saturated carbocycles. The van der Waals surface area contributed by atoms with Crippen molar-refractivity contribution < 1.29 is 9.47 Å². The monoisotopic (exact) mass is 457 g/mol. The van der Waals surface area contributed by atoms with Gasteiger partial charge in [-0.25, -0.2) is 9.98 Å². The number of rotatable bonds is 5. The Hall–Kier alpha value is -4.64. The van der Waals surface area contributed by atoms with Gasteiger partial charge in [-0.15, -0.1) is 0 Å². The van der Waals surface area contributed by atoms with E-state index in [0.29, 0.717) is 5.84 Å². The van der Waals surface area contributed by atoms with E-state index in [-0.39, 0.29) is 0 Å². The third-order valence-electron chi connectivity index (χ3n) is 6.29. The Morgan fingerprint density at radius 2 is 1.14 bits per heavy atom. The summed E-state index contributed by atoms with van der Waals surface area (Å²) in [6.45, 7) is 0. The van der Waals surface area contributed by atoms with Gasteiger partial charge < -0.3 is 14.5 Å². The fourth-order valence-corrected chi connectivity index (χ4v) is 4.66. The average molecular weight is 458 g/mol. The molecule has 35 heavy (non-hydrogen) atoms. The van der Waals surface area contributed by atoms with Crippen molar-refractivity contribution in [2.75, 3.05) is 14.2 Å². The molecule has 0 atom stereocenters. The molecule has 2 heterocycles. The Labute approximate surface area is 203 Å². The van der Waals surface area contributed by atoms with E-state index in [0.717, 1.165) is 61.7 Å². The number of para-hydroxylation sites is 2. The summed E-state index contributed by atoms with van der Waals surface area (Å²) < 4.78 is 11.3. The highest BCUT2D eigenvalue weighted by Gasteiger charge is 2.25. The lowest BCUT2D eigenvalue weighted by Gasteiger charge is -2.08. The number of H-pyrrole nitrogens is 1. The van der Waals surface area contributed by atoms with Crippen LogP contribution in [0.2, 0.25) is 0 Å². The molecule has 1 aliphatic rings. The summed E-state index contributed by atoms with van der Waals surface area (Å²) in [5.74, 6) is 3.02. The van der Waals surface area contributed by atoms with Crippen LogP contribution in [0.25, 0.3) is 22.0 Å². The van der Waals surface area contributed by atoms with Crippen molar-refractivity contribution in [1.82, 2.24) is 4.98 Å². The molecule has 4 aromatic carbocycles. The van der Waals surface area contributed by atoms with Crippen molar-refractivity contribution in [3.63, 3.8) is 0 Å². The van der Waals surface area contributed by atoms with Gasteiger partial charge in [-0.2, -0.15) is 0 Å². The van der Waals surface area contributed by atoms with Gasteiger partial charge in [0.25, 0.3) is 0 Å². The van der Waals surface area contributed by atoms with Crippen molar-refractivity contribution in [3.8, 4) is 22.8 Å². The number of aliphatic imine (C=N–C) groups is 2. The van der Waals surface area contributed by atoms with E-state index in [1.165, 1.54) is 0 Å². The van der Waals surface area contributed by atoms with Crippen LogP contribution in [0.1, 0.15) is 16.7 Å². The highest BCUT2D eigenvalue weighted by molar-refractivity contribution is 6.30. The number of ether oxygens (including phenoxy) is 2. The molecular weight excluding hydrogens is 434 g/mol. The predicted molar refractivity (Wildman–Crippen MR) is 142 cm³/mol. The average Bonchev–Trinajstić information content (AvgIpc) is 3.47. The first kappa shape index (κ1) is 20.9. The summed E-state index contributed by atoms with van der Waals surface area (Å²) >= 11 is 0. The largest absolute Gasteiger partial charge is 0.496 e. The van der Waals surface area contributed by atoms with E-state index in [1.54, 1.807) is 14.2 Å². The predicted octanol–water partition coefficient (Wildman–Crippen LogP) is 6.78. The number of aromatic amines is 1. The minimum absolute atomic E-state index is 0.667. The summed E-state index contributed by atoms with van der Waals surface area (Å²) in [5, 5.41) is 2.11. The van der Waals surface area contributed by atoms with Crippen molar-refractivity contribution >= 4 is 28.1 Å². The normalized spacial score (nSPS) is 13.7. The lowest BCUT2D eigenvalue weighted by Crippen LogP contribution is -2.03. The van der Waals surface area contributed by atoms with Gasteiger partial charge in [-0.05, 0) is 24.3 Å². The van der Waals surface area contributed by atoms with E-state index in [1.807, 2.05) is 66.7 Å². The molecule has 5 nitrogen and oxygen atoms in total. The molecular formula is C30H23N3O2. The first-order valence-electron chi connectivity index (χ1n) is 11.4. The minimum atomic E-state index is 0.667. The van der Waals surface area contributed by atoms with Gasteiger partial charge in [0.1, 0.15) is 17.3 Å². The quantitative estimate of drug-likeness (QED) is 0.316. The molecule has 0 fully saturated rings. The summed E-state index contributed by atoms with van der Waals surface area (Å²) in [6, 6.07) is 32.4. The maximum Gasteiger partial charge on any atom is 0.162 e. The van der Waals surface area contributed by atoms with Crippen LogP contribution in [0.15, 0.2) is 107 Å². The molecule has 170 valence electrons. The van der Waals surface area contributed by atoms with Gasteiger partial charge in [-0.1, -0.05) is 72.8 Å². The van der Waals surface area contributed by atoms with Crippen molar-refractivity contribution in [3.05, 3.63) is 114 Å². The first-order chi connectivity index (χ1) is 17.3. The van der Waals surface area contributed by atoms with Gasteiger partial charge >= 0.3 is 0 Å². The van der Waals surface area contributed by atoms with E-state index in [9.17, 15) is 0 Å². The molecule has 1 N–H and O–H groups in total. The topological polar surface area (TPSA) is 59.0 Å². The molecule has 0 bridgehead atoms. The smallest absolute Gasteiger partial charge is 0.162 e. The number of benzene rings is 4. The number of aromatic nitrogens is 1. The van der Waals surface area contributed by atoms with Crippen LogP contribution in [0, 0.1) is 0 Å². The fraction of sp³-hybridized carbons (Fsp3) is 0.0667. The van der Waals surface area contributed by atoms with Crippen molar-refractivity contribution in [2.45, 2.75) is 0 Å². The Balaban J connectivity index is 1.55. The molecule has 0 unspecified atom stereocenters. The second-order valence-corrected chi connectivity index (χ2v) is 8.24. The Morgan fingerprint density at radius 3 is 1.86 bits per heavy atom. The van der Waals surface area contributed by atoms with Crippen LogP contribution in [0.5, 0.6) is 11.5 Å². The van der Waals surface area contributed by atoms with Crippen LogP contribution < -0.4 is 9.47 Å². The molecule has 1 aliphatic heterocycles. The number of amidine groups is 1. The van der Waals surface area contributed by atoms with Crippen LogP contribution in [-0.4, -0.2) is 30.8 Å². The summed E-state index contributed by atoms with van der Waals surface area (Å²) in [7, 11) is 3.37. The van der Waals surface area contributed by atoms with Crippen LogP contribution in [0.3, 0.4) is 0 Å². The molecule has 0 spiro atoms. The van der Waals surface area contributed by atoms with Gasteiger partial charge in [0, 0.05) is 33.0 Å². The van der Waals surface area contributed by atoms with Crippen LogP contribution in [0.4, 0.5) is 5.82 Å².